The standard InChI is InChI=1S/C9H14O/c1-2-3-8-4-6-9(10)7-5-8/h4,6-8,10H,2-3,5H2,1H3/t8-/m0/s1. The number of rotatable bonds is 2. The van der Waals surface area contributed by atoms with E-state index in [2.05, 4.69) is 13.0 Å². The Bertz CT molecular complexity index is 156. The van der Waals surface area contributed by atoms with Crippen LogP contribution in [-0.4, -0.2) is 5.11 Å². The van der Waals surface area contributed by atoms with Gasteiger partial charge >= 0.3 is 0 Å². The van der Waals surface area contributed by atoms with Crippen LogP contribution in [0.15, 0.2) is 24.0 Å². The molecule has 0 fully saturated rings. The van der Waals surface area contributed by atoms with Crippen molar-refractivity contribution >= 4 is 0 Å². The van der Waals surface area contributed by atoms with E-state index in [1.165, 1.54) is 12.8 Å². The molecule has 1 N–H and O–H groups in total. The largest absolute Gasteiger partial charge is 0.508 e. The van der Waals surface area contributed by atoms with Gasteiger partial charge in [-0.1, -0.05) is 19.4 Å². The molecule has 10 heavy (non-hydrogen) atoms. The van der Waals surface area contributed by atoms with Gasteiger partial charge in [-0.15, -0.1) is 0 Å². The Labute approximate surface area is 62.1 Å². The number of aliphatic hydroxyl groups excluding tert-OH is 1. The second-order valence-corrected chi connectivity index (χ2v) is 2.77. The van der Waals surface area contributed by atoms with Crippen molar-refractivity contribution in [1.29, 1.82) is 0 Å². The van der Waals surface area contributed by atoms with E-state index >= 15 is 0 Å². The lowest BCUT2D eigenvalue weighted by Gasteiger charge is -2.11. The molecule has 0 heterocycles. The van der Waals surface area contributed by atoms with Gasteiger partial charge in [0.2, 0.25) is 0 Å². The summed E-state index contributed by atoms with van der Waals surface area (Å²) in [4.78, 5) is 0. The van der Waals surface area contributed by atoms with E-state index in [0.29, 0.717) is 11.7 Å². The molecule has 0 amide bonds. The molecule has 0 radical (unpaired) electrons. The molecule has 1 aliphatic rings. The number of aliphatic hydroxyl groups is 1. The average molecular weight is 138 g/mol. The summed E-state index contributed by atoms with van der Waals surface area (Å²) < 4.78 is 0. The Morgan fingerprint density at radius 1 is 1.70 bits per heavy atom. The molecule has 0 spiro atoms. The van der Waals surface area contributed by atoms with Crippen LogP contribution in [0.25, 0.3) is 0 Å². The van der Waals surface area contributed by atoms with Gasteiger partial charge in [0, 0.05) is 0 Å². The minimum atomic E-state index is 0.423. The molecule has 0 aromatic heterocycles. The van der Waals surface area contributed by atoms with Gasteiger partial charge in [0.15, 0.2) is 0 Å². The first-order valence-electron chi connectivity index (χ1n) is 3.90. The zero-order valence-electron chi connectivity index (χ0n) is 6.38. The normalized spacial score (nSPS) is 24.5. The Kier molecular flexibility index (Phi) is 2.55. The van der Waals surface area contributed by atoms with Crippen LogP contribution >= 0.6 is 0 Å². The van der Waals surface area contributed by atoms with E-state index in [1.54, 1.807) is 6.08 Å². The van der Waals surface area contributed by atoms with Gasteiger partial charge in [0.05, 0.1) is 0 Å². The van der Waals surface area contributed by atoms with Crippen molar-refractivity contribution in [3.8, 4) is 0 Å². The summed E-state index contributed by atoms with van der Waals surface area (Å²) >= 11 is 0. The minimum Gasteiger partial charge on any atom is -0.508 e. The molecule has 0 bridgehead atoms. The van der Waals surface area contributed by atoms with E-state index < -0.39 is 0 Å². The van der Waals surface area contributed by atoms with Crippen molar-refractivity contribution in [2.24, 2.45) is 5.92 Å². The first-order valence-corrected chi connectivity index (χ1v) is 3.90. The Balaban J connectivity index is 2.37. The predicted molar refractivity (Wildman–Crippen MR) is 42.9 cm³/mol. The first-order chi connectivity index (χ1) is 4.83. The quantitative estimate of drug-likeness (QED) is 0.622. The van der Waals surface area contributed by atoms with E-state index in [9.17, 15) is 0 Å². The molecule has 0 saturated heterocycles. The van der Waals surface area contributed by atoms with Gasteiger partial charge in [-0.2, -0.15) is 0 Å². The summed E-state index contributed by atoms with van der Waals surface area (Å²) in [5, 5.41) is 8.97. The van der Waals surface area contributed by atoms with Gasteiger partial charge in [-0.05, 0) is 30.9 Å². The molecule has 0 unspecified atom stereocenters. The van der Waals surface area contributed by atoms with Crippen LogP contribution < -0.4 is 0 Å². The summed E-state index contributed by atoms with van der Waals surface area (Å²) in [7, 11) is 0. The molecule has 1 aliphatic carbocycles. The van der Waals surface area contributed by atoms with E-state index in [0.717, 1.165) is 6.42 Å². The summed E-state index contributed by atoms with van der Waals surface area (Å²) in [5.41, 5.74) is 0. The van der Waals surface area contributed by atoms with Crippen LogP contribution in [0.1, 0.15) is 26.2 Å². The van der Waals surface area contributed by atoms with Crippen molar-refractivity contribution in [2.75, 3.05) is 0 Å². The third kappa shape index (κ3) is 1.90. The Morgan fingerprint density at radius 3 is 3.00 bits per heavy atom. The monoisotopic (exact) mass is 138 g/mol. The Morgan fingerprint density at radius 2 is 2.50 bits per heavy atom. The fourth-order valence-electron chi connectivity index (χ4n) is 1.24. The van der Waals surface area contributed by atoms with E-state index in [1.807, 2.05) is 6.08 Å². The molecule has 1 heteroatoms. The third-order valence-electron chi connectivity index (χ3n) is 1.83. The molecule has 0 saturated carbocycles. The zero-order valence-corrected chi connectivity index (χ0v) is 6.38. The molecule has 1 nitrogen and oxygen atoms in total. The van der Waals surface area contributed by atoms with Gasteiger partial charge in [-0.3, -0.25) is 0 Å². The topological polar surface area (TPSA) is 20.2 Å². The van der Waals surface area contributed by atoms with Gasteiger partial charge in [0.25, 0.3) is 0 Å². The van der Waals surface area contributed by atoms with Crippen LogP contribution in [0, 0.1) is 5.92 Å². The highest BCUT2D eigenvalue weighted by Crippen LogP contribution is 2.18. The SMILES string of the molecule is CCC[C@H]1C=CC(O)=CC1. The molecule has 0 aromatic carbocycles. The van der Waals surface area contributed by atoms with Crippen molar-refractivity contribution in [2.45, 2.75) is 26.2 Å². The van der Waals surface area contributed by atoms with Gasteiger partial charge < -0.3 is 5.11 Å². The summed E-state index contributed by atoms with van der Waals surface area (Å²) in [6.07, 6.45) is 9.25. The molecule has 1 atom stereocenters. The molecule has 0 aliphatic heterocycles. The maximum atomic E-state index is 8.97. The van der Waals surface area contributed by atoms with Crippen molar-refractivity contribution in [1.82, 2.24) is 0 Å². The number of allylic oxidation sites excluding steroid dienone is 3. The summed E-state index contributed by atoms with van der Waals surface area (Å²) in [6.45, 7) is 2.19. The highest BCUT2D eigenvalue weighted by Gasteiger charge is 2.05. The molecular formula is C9H14O. The summed E-state index contributed by atoms with van der Waals surface area (Å²) in [5.74, 6) is 1.09. The molecular weight excluding hydrogens is 124 g/mol. The second-order valence-electron chi connectivity index (χ2n) is 2.77. The fraction of sp³-hybridized carbons (Fsp3) is 0.556. The summed E-state index contributed by atoms with van der Waals surface area (Å²) in [6, 6.07) is 0. The van der Waals surface area contributed by atoms with Crippen molar-refractivity contribution in [3.05, 3.63) is 24.0 Å². The lowest BCUT2D eigenvalue weighted by molar-refractivity contribution is 0.418. The fourth-order valence-corrected chi connectivity index (χ4v) is 1.24. The number of hydrogen-bond donors (Lipinski definition) is 1. The lowest BCUT2D eigenvalue weighted by Crippen LogP contribution is -1.98. The Hall–Kier alpha value is -0.720. The van der Waals surface area contributed by atoms with Gasteiger partial charge in [-0.25, -0.2) is 0 Å². The second kappa shape index (κ2) is 3.45. The van der Waals surface area contributed by atoms with Crippen LogP contribution in [0.5, 0.6) is 0 Å². The van der Waals surface area contributed by atoms with Crippen LogP contribution in [0.4, 0.5) is 0 Å². The first kappa shape index (κ1) is 7.39. The van der Waals surface area contributed by atoms with Crippen LogP contribution in [0.3, 0.4) is 0 Å². The third-order valence-corrected chi connectivity index (χ3v) is 1.83. The van der Waals surface area contributed by atoms with Gasteiger partial charge in [0.1, 0.15) is 5.76 Å². The average Bonchev–Trinajstić information content (AvgIpc) is 1.95. The minimum absolute atomic E-state index is 0.423. The predicted octanol–water partition coefficient (Wildman–Crippen LogP) is 2.80. The molecule has 1 rings (SSSR count). The molecule has 0 aromatic rings. The maximum absolute atomic E-state index is 8.97. The number of hydrogen-bond acceptors (Lipinski definition) is 1. The van der Waals surface area contributed by atoms with E-state index in [-0.39, 0.29) is 0 Å². The highest BCUT2D eigenvalue weighted by atomic mass is 16.3. The van der Waals surface area contributed by atoms with E-state index in [4.69, 9.17) is 5.11 Å². The van der Waals surface area contributed by atoms with Crippen molar-refractivity contribution in [3.63, 3.8) is 0 Å². The molecule has 56 valence electrons. The smallest absolute Gasteiger partial charge is 0.111 e. The maximum Gasteiger partial charge on any atom is 0.111 e. The van der Waals surface area contributed by atoms with Crippen LogP contribution in [-0.2, 0) is 0 Å². The highest BCUT2D eigenvalue weighted by molar-refractivity contribution is 5.16. The zero-order chi connectivity index (χ0) is 7.40. The lowest BCUT2D eigenvalue weighted by atomic mass is 9.96. The van der Waals surface area contributed by atoms with Crippen LogP contribution in [0.2, 0.25) is 0 Å². The van der Waals surface area contributed by atoms with Crippen molar-refractivity contribution < 1.29 is 5.11 Å².